The first-order valence-electron chi connectivity index (χ1n) is 7.62. The number of nitrogens with zero attached hydrogens (tertiary/aromatic N) is 6. The van der Waals surface area contributed by atoms with Crippen molar-refractivity contribution in [1.82, 2.24) is 19.7 Å². The Labute approximate surface area is 129 Å². The van der Waals surface area contributed by atoms with Gasteiger partial charge in [-0.2, -0.15) is 5.26 Å². The molecule has 0 spiro atoms. The fraction of sp³-hybridized carbons (Fsp3) is 0.438. The molecule has 1 aromatic carbocycles. The van der Waals surface area contributed by atoms with Gasteiger partial charge in [0, 0.05) is 37.9 Å². The third-order valence-corrected chi connectivity index (χ3v) is 4.71. The summed E-state index contributed by atoms with van der Waals surface area (Å²) >= 11 is 0. The Bertz CT molecular complexity index is 720. The molecule has 4 rings (SSSR count). The largest absolute Gasteiger partial charge is 0.368 e. The van der Waals surface area contributed by atoms with Gasteiger partial charge in [0.2, 0.25) is 0 Å². The van der Waals surface area contributed by atoms with E-state index in [1.807, 2.05) is 31.2 Å². The summed E-state index contributed by atoms with van der Waals surface area (Å²) in [5.41, 5.74) is 1.91. The normalized spacial score (nSPS) is 18.6. The molecular weight excluding hydrogens is 276 g/mol. The zero-order chi connectivity index (χ0) is 15.1. The predicted octanol–water partition coefficient (Wildman–Crippen LogP) is 1.16. The molecule has 1 fully saturated rings. The van der Waals surface area contributed by atoms with Crippen molar-refractivity contribution in [2.24, 2.45) is 0 Å². The van der Waals surface area contributed by atoms with Crippen LogP contribution in [-0.4, -0.2) is 45.3 Å². The summed E-state index contributed by atoms with van der Waals surface area (Å²) in [6.07, 6.45) is 0. The molecule has 2 aromatic rings. The van der Waals surface area contributed by atoms with Crippen molar-refractivity contribution in [1.29, 1.82) is 5.26 Å². The molecule has 0 unspecified atom stereocenters. The minimum Gasteiger partial charge on any atom is -0.368 e. The van der Waals surface area contributed by atoms with Gasteiger partial charge in [0.05, 0.1) is 18.2 Å². The third kappa shape index (κ3) is 2.14. The maximum absolute atomic E-state index is 8.85. The Kier molecular flexibility index (Phi) is 3.09. The van der Waals surface area contributed by atoms with Crippen LogP contribution in [0.2, 0.25) is 0 Å². The van der Waals surface area contributed by atoms with E-state index in [4.69, 9.17) is 5.26 Å². The standard InChI is InChI=1S/C16H18N6/c1-12-18-19-16-11-20(6-7-22(12)16)15-9-21(10-15)14-4-2-13(8-17)3-5-14/h2-5,15H,6-7,9-11H2,1H3. The second-order valence-electron chi connectivity index (χ2n) is 6.00. The van der Waals surface area contributed by atoms with Crippen LogP contribution in [0.1, 0.15) is 17.2 Å². The number of aromatic nitrogens is 3. The summed E-state index contributed by atoms with van der Waals surface area (Å²) in [5.74, 6) is 2.10. The summed E-state index contributed by atoms with van der Waals surface area (Å²) in [7, 11) is 0. The van der Waals surface area contributed by atoms with Gasteiger partial charge in [-0.15, -0.1) is 10.2 Å². The van der Waals surface area contributed by atoms with Gasteiger partial charge in [0.25, 0.3) is 0 Å². The lowest BCUT2D eigenvalue weighted by Crippen LogP contribution is -2.60. The number of rotatable bonds is 2. The van der Waals surface area contributed by atoms with Crippen LogP contribution in [0.25, 0.3) is 0 Å². The zero-order valence-electron chi connectivity index (χ0n) is 12.6. The minimum atomic E-state index is 0.585. The van der Waals surface area contributed by atoms with Crippen molar-refractivity contribution in [3.8, 4) is 6.07 Å². The average molecular weight is 294 g/mol. The van der Waals surface area contributed by atoms with E-state index in [2.05, 4.69) is 30.6 Å². The van der Waals surface area contributed by atoms with E-state index in [0.29, 0.717) is 11.6 Å². The van der Waals surface area contributed by atoms with Crippen molar-refractivity contribution in [2.75, 3.05) is 24.5 Å². The Morgan fingerprint density at radius 2 is 1.91 bits per heavy atom. The van der Waals surface area contributed by atoms with Gasteiger partial charge in [-0.1, -0.05) is 0 Å². The van der Waals surface area contributed by atoms with Crippen LogP contribution < -0.4 is 4.90 Å². The van der Waals surface area contributed by atoms with Crippen LogP contribution in [0, 0.1) is 18.3 Å². The van der Waals surface area contributed by atoms with E-state index < -0.39 is 0 Å². The van der Waals surface area contributed by atoms with E-state index in [-0.39, 0.29) is 0 Å². The lowest BCUT2D eigenvalue weighted by atomic mass is 10.0. The maximum Gasteiger partial charge on any atom is 0.147 e. The van der Waals surface area contributed by atoms with Gasteiger partial charge in [-0.25, -0.2) is 0 Å². The molecule has 2 aliphatic heterocycles. The van der Waals surface area contributed by atoms with Crippen LogP contribution in [0.15, 0.2) is 24.3 Å². The van der Waals surface area contributed by atoms with Crippen molar-refractivity contribution in [2.45, 2.75) is 26.1 Å². The van der Waals surface area contributed by atoms with Crippen molar-refractivity contribution >= 4 is 5.69 Å². The first kappa shape index (κ1) is 13.3. The molecule has 0 bridgehead atoms. The van der Waals surface area contributed by atoms with E-state index >= 15 is 0 Å². The smallest absolute Gasteiger partial charge is 0.147 e. The summed E-state index contributed by atoms with van der Waals surface area (Å²) in [4.78, 5) is 4.86. The van der Waals surface area contributed by atoms with Crippen molar-refractivity contribution < 1.29 is 0 Å². The highest BCUT2D eigenvalue weighted by molar-refractivity contribution is 5.52. The highest BCUT2D eigenvalue weighted by Gasteiger charge is 2.34. The molecule has 0 radical (unpaired) electrons. The fourth-order valence-corrected chi connectivity index (χ4v) is 3.28. The summed E-state index contributed by atoms with van der Waals surface area (Å²) < 4.78 is 2.22. The molecule has 6 nitrogen and oxygen atoms in total. The summed E-state index contributed by atoms with van der Waals surface area (Å²) in [6, 6.07) is 10.6. The molecule has 0 saturated carbocycles. The lowest BCUT2D eigenvalue weighted by Gasteiger charge is -2.47. The number of fused-ring (bicyclic) bond motifs is 1. The molecule has 1 saturated heterocycles. The Balaban J connectivity index is 1.38. The van der Waals surface area contributed by atoms with E-state index in [1.54, 1.807) is 0 Å². The Hall–Kier alpha value is -2.39. The third-order valence-electron chi connectivity index (χ3n) is 4.71. The van der Waals surface area contributed by atoms with E-state index in [1.165, 1.54) is 5.69 Å². The monoisotopic (exact) mass is 294 g/mol. The SMILES string of the molecule is Cc1nnc2n1CCN(C1CN(c3ccc(C#N)cc3)C1)C2. The van der Waals surface area contributed by atoms with Gasteiger partial charge < -0.3 is 9.47 Å². The Morgan fingerprint density at radius 1 is 1.14 bits per heavy atom. The number of benzene rings is 1. The van der Waals surface area contributed by atoms with E-state index in [9.17, 15) is 0 Å². The number of hydrogen-bond donors (Lipinski definition) is 0. The summed E-state index contributed by atoms with van der Waals surface area (Å²) in [6.45, 7) is 7.05. The van der Waals surface area contributed by atoms with Gasteiger partial charge in [0.15, 0.2) is 0 Å². The second kappa shape index (κ2) is 5.11. The lowest BCUT2D eigenvalue weighted by molar-refractivity contribution is 0.128. The van der Waals surface area contributed by atoms with Crippen molar-refractivity contribution in [3.05, 3.63) is 41.5 Å². The van der Waals surface area contributed by atoms with Crippen molar-refractivity contribution in [3.63, 3.8) is 0 Å². The predicted molar refractivity (Wildman–Crippen MR) is 82.3 cm³/mol. The molecule has 22 heavy (non-hydrogen) atoms. The number of hydrogen-bond acceptors (Lipinski definition) is 5. The number of anilines is 1. The first-order chi connectivity index (χ1) is 10.7. The van der Waals surface area contributed by atoms with Crippen LogP contribution in [0.3, 0.4) is 0 Å². The molecule has 0 N–H and O–H groups in total. The minimum absolute atomic E-state index is 0.585. The van der Waals surface area contributed by atoms with Gasteiger partial charge in [-0.05, 0) is 31.2 Å². The molecule has 112 valence electrons. The second-order valence-corrected chi connectivity index (χ2v) is 6.00. The maximum atomic E-state index is 8.85. The quantitative estimate of drug-likeness (QED) is 0.832. The molecular formula is C16H18N6. The molecule has 0 atom stereocenters. The van der Waals surface area contributed by atoms with Crippen LogP contribution in [0.5, 0.6) is 0 Å². The highest BCUT2D eigenvalue weighted by atomic mass is 15.4. The number of nitriles is 1. The van der Waals surface area contributed by atoms with Crippen LogP contribution >= 0.6 is 0 Å². The number of aryl methyl sites for hydroxylation is 1. The molecule has 0 aliphatic carbocycles. The Morgan fingerprint density at radius 3 is 2.64 bits per heavy atom. The van der Waals surface area contributed by atoms with Gasteiger partial charge >= 0.3 is 0 Å². The van der Waals surface area contributed by atoms with Gasteiger partial charge in [-0.3, -0.25) is 4.90 Å². The van der Waals surface area contributed by atoms with E-state index in [0.717, 1.165) is 44.4 Å². The summed E-state index contributed by atoms with van der Waals surface area (Å²) in [5, 5.41) is 17.3. The topological polar surface area (TPSA) is 61.0 Å². The van der Waals surface area contributed by atoms with Gasteiger partial charge in [0.1, 0.15) is 11.6 Å². The molecule has 0 amide bonds. The fourth-order valence-electron chi connectivity index (χ4n) is 3.28. The van der Waals surface area contributed by atoms with Crippen LogP contribution in [-0.2, 0) is 13.1 Å². The highest BCUT2D eigenvalue weighted by Crippen LogP contribution is 2.26. The molecule has 2 aliphatic rings. The zero-order valence-corrected chi connectivity index (χ0v) is 12.6. The van der Waals surface area contributed by atoms with Crippen LogP contribution in [0.4, 0.5) is 5.69 Å². The first-order valence-corrected chi connectivity index (χ1v) is 7.62. The molecule has 1 aromatic heterocycles. The molecule has 3 heterocycles. The average Bonchev–Trinajstić information content (AvgIpc) is 2.88. The molecule has 6 heteroatoms.